The molecule has 0 radical (unpaired) electrons. The van der Waals surface area contributed by atoms with Crippen molar-refractivity contribution in [3.05, 3.63) is 58.3 Å². The van der Waals surface area contributed by atoms with Crippen LogP contribution in [-0.2, 0) is 18.4 Å². The Morgan fingerprint density at radius 1 is 1.24 bits per heavy atom. The molecule has 0 aliphatic carbocycles. The van der Waals surface area contributed by atoms with E-state index >= 15 is 0 Å². The number of halogens is 2. The summed E-state index contributed by atoms with van der Waals surface area (Å²) in [5.74, 6) is -1.79. The Morgan fingerprint density at radius 2 is 2.00 bits per heavy atom. The van der Waals surface area contributed by atoms with Crippen molar-refractivity contribution in [2.45, 2.75) is 25.7 Å². The maximum atomic E-state index is 14.3. The van der Waals surface area contributed by atoms with Crippen molar-refractivity contribution < 1.29 is 23.4 Å². The Labute approximate surface area is 163 Å². The predicted octanol–water partition coefficient (Wildman–Crippen LogP) is 1.90. The van der Waals surface area contributed by atoms with Gasteiger partial charge in [0.25, 0.3) is 5.56 Å². The van der Waals surface area contributed by atoms with E-state index < -0.39 is 30.2 Å². The van der Waals surface area contributed by atoms with Crippen LogP contribution in [0.2, 0.25) is 0 Å². The second kappa shape index (κ2) is 6.59. The lowest BCUT2D eigenvalue weighted by atomic mass is 10.1. The van der Waals surface area contributed by atoms with Crippen LogP contribution in [0.15, 0.2) is 41.3 Å². The molecule has 0 spiro atoms. The molecule has 1 N–H and O–H groups in total. The molecule has 0 unspecified atom stereocenters. The van der Waals surface area contributed by atoms with E-state index in [2.05, 4.69) is 14.7 Å². The summed E-state index contributed by atoms with van der Waals surface area (Å²) >= 11 is 0. The summed E-state index contributed by atoms with van der Waals surface area (Å²) in [6.45, 7) is 1.00. The molecule has 1 aromatic carbocycles. The normalized spacial score (nSPS) is 16.4. The van der Waals surface area contributed by atoms with E-state index in [1.165, 1.54) is 38.4 Å². The summed E-state index contributed by atoms with van der Waals surface area (Å²) in [5, 5.41) is 9.90. The zero-order valence-corrected chi connectivity index (χ0v) is 15.5. The quantitative estimate of drug-likeness (QED) is 0.719. The monoisotopic (exact) mass is 402 g/mol. The van der Waals surface area contributed by atoms with Crippen molar-refractivity contribution in [2.75, 3.05) is 4.90 Å². The van der Waals surface area contributed by atoms with Crippen LogP contribution in [0.5, 0.6) is 5.75 Å². The molecular weight excluding hydrogens is 386 g/mol. The highest BCUT2D eigenvalue weighted by molar-refractivity contribution is 6.01. The molecule has 150 valence electrons. The highest BCUT2D eigenvalue weighted by Gasteiger charge is 2.51. The van der Waals surface area contributed by atoms with Crippen molar-refractivity contribution in [2.24, 2.45) is 7.05 Å². The van der Waals surface area contributed by atoms with Gasteiger partial charge in [-0.2, -0.15) is 8.78 Å². The molecule has 0 bridgehead atoms. The largest absolute Gasteiger partial charge is 0.483 e. The summed E-state index contributed by atoms with van der Waals surface area (Å²) < 4.78 is 34.4. The molecular formula is C19H16F2N4O4. The number of nitrogens with zero attached hydrogens (tertiary/aromatic N) is 4. The first-order chi connectivity index (χ1) is 13.7. The molecule has 0 saturated heterocycles. The Morgan fingerprint density at radius 3 is 2.72 bits per heavy atom. The molecule has 1 aliphatic rings. The number of aromatic nitrogens is 3. The predicted molar refractivity (Wildman–Crippen MR) is 98.6 cm³/mol. The third kappa shape index (κ3) is 3.01. The van der Waals surface area contributed by atoms with E-state index in [0.717, 1.165) is 9.47 Å². The van der Waals surface area contributed by atoms with Crippen LogP contribution >= 0.6 is 0 Å². The van der Waals surface area contributed by atoms with E-state index in [1.54, 1.807) is 12.1 Å². The molecule has 1 aliphatic heterocycles. The number of para-hydroxylation sites is 1. The van der Waals surface area contributed by atoms with Gasteiger partial charge < -0.3 is 9.84 Å². The zero-order valence-electron chi connectivity index (χ0n) is 15.5. The average Bonchev–Trinajstić information content (AvgIpc) is 2.68. The van der Waals surface area contributed by atoms with Gasteiger partial charge in [-0.15, -0.1) is 0 Å². The molecule has 1 atom stereocenters. The van der Waals surface area contributed by atoms with E-state index in [4.69, 9.17) is 0 Å². The average molecular weight is 402 g/mol. The van der Waals surface area contributed by atoms with Crippen LogP contribution in [0.1, 0.15) is 24.4 Å². The fraction of sp³-hybridized carbons (Fsp3) is 0.263. The van der Waals surface area contributed by atoms with E-state index in [-0.39, 0.29) is 33.9 Å². The highest BCUT2D eigenvalue weighted by Crippen LogP contribution is 2.44. The zero-order chi connectivity index (χ0) is 20.9. The lowest BCUT2D eigenvalue weighted by molar-refractivity contribution is -0.193. The molecule has 1 amide bonds. The number of ether oxygens (including phenoxy) is 1. The third-order valence-corrected chi connectivity index (χ3v) is 4.72. The minimum absolute atomic E-state index is 0.0554. The molecule has 8 nitrogen and oxygen atoms in total. The van der Waals surface area contributed by atoms with E-state index in [9.17, 15) is 23.5 Å². The number of amides is 1. The van der Waals surface area contributed by atoms with Gasteiger partial charge in [0.15, 0.2) is 11.3 Å². The van der Waals surface area contributed by atoms with Gasteiger partial charge >= 0.3 is 12.0 Å². The second-order valence-corrected chi connectivity index (χ2v) is 6.64. The second-order valence-electron chi connectivity index (χ2n) is 6.64. The lowest BCUT2D eigenvalue weighted by Gasteiger charge is -2.34. The fourth-order valence-electron chi connectivity index (χ4n) is 3.22. The molecule has 0 fully saturated rings. The molecule has 10 heteroatoms. The summed E-state index contributed by atoms with van der Waals surface area (Å²) in [4.78, 5) is 34.1. The summed E-state index contributed by atoms with van der Waals surface area (Å²) in [6.07, 6.45) is -3.77. The van der Waals surface area contributed by atoms with Gasteiger partial charge in [0.1, 0.15) is 5.82 Å². The van der Waals surface area contributed by atoms with Gasteiger partial charge in [0, 0.05) is 18.8 Å². The van der Waals surface area contributed by atoms with Gasteiger partial charge in [0.05, 0.1) is 23.9 Å². The Hall–Kier alpha value is -3.40. The number of hydrogen-bond donors (Lipinski definition) is 1. The number of pyridine rings is 1. The van der Waals surface area contributed by atoms with Crippen molar-refractivity contribution in [1.82, 2.24) is 14.5 Å². The molecule has 2 aromatic heterocycles. The third-order valence-electron chi connectivity index (χ3n) is 4.72. The highest BCUT2D eigenvalue weighted by atomic mass is 19.3. The van der Waals surface area contributed by atoms with Gasteiger partial charge in [0.2, 0.25) is 0 Å². The summed E-state index contributed by atoms with van der Waals surface area (Å²) in [5.41, 5.74) is 0.130. The fourth-order valence-corrected chi connectivity index (χ4v) is 3.22. The minimum atomic E-state index is -4.13. The van der Waals surface area contributed by atoms with Crippen LogP contribution < -0.4 is 15.2 Å². The molecule has 4 rings (SSSR count). The molecule has 3 aromatic rings. The Kier molecular flexibility index (Phi) is 4.30. The first kappa shape index (κ1) is 18.9. The maximum Gasteiger partial charge on any atom is 0.483 e. The van der Waals surface area contributed by atoms with Gasteiger partial charge in [-0.3, -0.25) is 19.1 Å². The number of hydrogen-bond acceptors (Lipinski definition) is 6. The van der Waals surface area contributed by atoms with Gasteiger partial charge in [-0.05, 0) is 25.1 Å². The summed E-state index contributed by atoms with van der Waals surface area (Å²) in [6, 6.07) is 7.54. The molecule has 3 heterocycles. The van der Waals surface area contributed by atoms with E-state index in [0.29, 0.717) is 0 Å². The number of anilines is 1. The molecule has 0 saturated carbocycles. The standard InChI is InChI=1S/C19H16F2N4O4/c1-10(26)11-5-3-7-13-16(11)29-19(20,21)18(28)25(13)9-14-23-12-6-4-8-22-15(12)17(27)24(14)2/h3-8,10,26H,9H2,1-2H3/t10-/m0/s1. The number of fused-ring (bicyclic) bond motifs is 2. The Bertz CT molecular complexity index is 1190. The number of rotatable bonds is 3. The van der Waals surface area contributed by atoms with Gasteiger partial charge in [-0.1, -0.05) is 12.1 Å². The number of benzene rings is 1. The number of alkyl halides is 2. The van der Waals surface area contributed by atoms with Crippen molar-refractivity contribution in [1.29, 1.82) is 0 Å². The van der Waals surface area contributed by atoms with Crippen LogP contribution in [-0.4, -0.2) is 31.7 Å². The number of carbonyl (C=O) groups is 1. The number of aliphatic hydroxyl groups is 1. The van der Waals surface area contributed by atoms with Crippen molar-refractivity contribution in [3.63, 3.8) is 0 Å². The van der Waals surface area contributed by atoms with Crippen molar-refractivity contribution in [3.8, 4) is 5.75 Å². The number of carbonyl (C=O) groups excluding carboxylic acids is 1. The maximum absolute atomic E-state index is 14.3. The topological polar surface area (TPSA) is 97.6 Å². The first-order valence-electron chi connectivity index (χ1n) is 8.71. The van der Waals surface area contributed by atoms with Gasteiger partial charge in [-0.25, -0.2) is 9.97 Å². The Balaban J connectivity index is 1.87. The number of aliphatic hydroxyl groups excluding tert-OH is 1. The van der Waals surface area contributed by atoms with Crippen LogP contribution in [0.25, 0.3) is 11.0 Å². The molecule has 29 heavy (non-hydrogen) atoms. The van der Waals surface area contributed by atoms with Crippen LogP contribution in [0, 0.1) is 0 Å². The first-order valence-corrected chi connectivity index (χ1v) is 8.71. The SMILES string of the molecule is C[C@H](O)c1cccc2c1OC(F)(F)C(=O)N2Cc1nc2cccnc2c(=O)n1C. The minimum Gasteiger partial charge on any atom is -0.423 e. The van der Waals surface area contributed by atoms with Crippen LogP contribution in [0.4, 0.5) is 14.5 Å². The lowest BCUT2D eigenvalue weighted by Crippen LogP contribution is -2.51. The summed E-state index contributed by atoms with van der Waals surface area (Å²) in [7, 11) is 1.43. The van der Waals surface area contributed by atoms with Crippen LogP contribution in [0.3, 0.4) is 0 Å². The smallest absolute Gasteiger partial charge is 0.423 e. The van der Waals surface area contributed by atoms with Crippen molar-refractivity contribution >= 4 is 22.6 Å². The van der Waals surface area contributed by atoms with E-state index in [1.807, 2.05) is 0 Å².